The molecule has 0 saturated carbocycles. The Kier molecular flexibility index (Phi) is 7.64. The fourth-order valence-corrected chi connectivity index (χ4v) is 9.21. The highest BCUT2D eigenvalue weighted by Gasteiger charge is 2.33. The lowest BCUT2D eigenvalue weighted by Crippen LogP contribution is -2.42. The first-order valence-corrected chi connectivity index (χ1v) is 18.8. The number of pyridine rings is 1. The number of benzene rings is 5. The van der Waals surface area contributed by atoms with Crippen LogP contribution in [-0.4, -0.2) is 4.98 Å². The molecule has 10 rings (SSSR count). The molecule has 0 aliphatic heterocycles. The van der Waals surface area contributed by atoms with Crippen LogP contribution in [0.5, 0.6) is 0 Å². The summed E-state index contributed by atoms with van der Waals surface area (Å²) < 4.78 is 0. The highest BCUT2D eigenvalue weighted by molar-refractivity contribution is 5.95. The van der Waals surface area contributed by atoms with Crippen molar-refractivity contribution in [3.8, 4) is 22.4 Å². The van der Waals surface area contributed by atoms with Gasteiger partial charge in [-0.2, -0.15) is 0 Å². The van der Waals surface area contributed by atoms with Gasteiger partial charge in [-0.05, 0) is 114 Å². The lowest BCUT2D eigenvalue weighted by Gasteiger charge is -2.35. The molecule has 248 valence electrons. The van der Waals surface area contributed by atoms with E-state index in [9.17, 15) is 0 Å². The van der Waals surface area contributed by atoms with Gasteiger partial charge in [-0.1, -0.05) is 158 Å². The summed E-state index contributed by atoms with van der Waals surface area (Å²) in [6.45, 7) is 0. The molecule has 0 N–H and O–H groups in total. The molecular formula is C51H39N. The third-order valence-electron chi connectivity index (χ3n) is 11.5. The average Bonchev–Trinajstić information content (AvgIpc) is 3.22. The second-order valence-electron chi connectivity index (χ2n) is 14.3. The van der Waals surface area contributed by atoms with E-state index in [1.807, 2.05) is 0 Å². The van der Waals surface area contributed by atoms with Gasteiger partial charge >= 0.3 is 0 Å². The Bertz CT molecular complexity index is 2850. The average molecular weight is 666 g/mol. The minimum Gasteiger partial charge on any atom is -0.248 e. The van der Waals surface area contributed by atoms with Gasteiger partial charge in [0.25, 0.3) is 0 Å². The van der Waals surface area contributed by atoms with Crippen LogP contribution < -0.4 is 31.3 Å². The number of hydrogen-bond acceptors (Lipinski definition) is 1. The first kappa shape index (κ1) is 30.7. The summed E-state index contributed by atoms with van der Waals surface area (Å²) in [5.74, 6) is 0.482. The van der Waals surface area contributed by atoms with Crippen molar-refractivity contribution in [2.24, 2.45) is 11.8 Å². The van der Waals surface area contributed by atoms with Crippen LogP contribution in [0.3, 0.4) is 0 Å². The molecular weight excluding hydrogens is 627 g/mol. The van der Waals surface area contributed by atoms with Crippen LogP contribution >= 0.6 is 0 Å². The molecule has 1 heteroatoms. The van der Waals surface area contributed by atoms with E-state index in [4.69, 9.17) is 4.98 Å². The second-order valence-corrected chi connectivity index (χ2v) is 14.3. The number of fused-ring (bicyclic) bond motifs is 4. The second kappa shape index (κ2) is 12.9. The van der Waals surface area contributed by atoms with Crippen molar-refractivity contribution in [1.82, 2.24) is 4.98 Å². The standard InChI is InChI=1S/C51H39N/c1-2-15-34(16-3-1)38-26-12-28-41-40(38)27-13-30-43(41)51-46-24-8-6-22-44(46)50(45-23-7-9-25-47(45)51)37-20-10-19-36(33-37)48-31-14-32-49(52-48)42-29-11-18-35-17-4-5-21-39(35)42/h1-10,12,14-28,31-33,44,46H,11,13,29-30H2. The molecule has 6 aromatic rings. The molecule has 2 atom stereocenters. The van der Waals surface area contributed by atoms with E-state index in [2.05, 4.69) is 176 Å². The summed E-state index contributed by atoms with van der Waals surface area (Å²) in [4.78, 5) is 5.31. The topological polar surface area (TPSA) is 12.9 Å². The highest BCUT2D eigenvalue weighted by Crippen LogP contribution is 2.42. The van der Waals surface area contributed by atoms with E-state index < -0.39 is 0 Å². The zero-order valence-corrected chi connectivity index (χ0v) is 29.2. The Morgan fingerprint density at radius 2 is 1.06 bits per heavy atom. The Morgan fingerprint density at radius 3 is 1.92 bits per heavy atom. The summed E-state index contributed by atoms with van der Waals surface area (Å²) in [5.41, 5.74) is 12.8. The smallest absolute Gasteiger partial charge is 0.0709 e. The monoisotopic (exact) mass is 665 g/mol. The van der Waals surface area contributed by atoms with Crippen LogP contribution in [0.1, 0.15) is 36.9 Å². The molecule has 0 saturated heterocycles. The molecule has 4 aliphatic rings. The molecule has 5 aromatic carbocycles. The molecule has 0 radical (unpaired) electrons. The number of nitrogens with zero attached hydrogens (tertiary/aromatic N) is 1. The quantitative estimate of drug-likeness (QED) is 0.188. The lowest BCUT2D eigenvalue weighted by atomic mass is 9.68. The van der Waals surface area contributed by atoms with Crippen molar-refractivity contribution in [1.29, 1.82) is 0 Å². The minimum atomic E-state index is 0.231. The Morgan fingerprint density at radius 1 is 0.442 bits per heavy atom. The highest BCUT2D eigenvalue weighted by atomic mass is 14.7. The first-order chi connectivity index (χ1) is 25.8. The SMILES string of the molecule is C1=CC2C(C3=c4cccc(-c5ccccc5)c4=CCC3)=c3ccccc3=C(c3cccc(-c4cccc(C5=c6ccccc6=CCC5)n4)c3)C2C=C1. The van der Waals surface area contributed by atoms with Gasteiger partial charge in [-0.3, -0.25) is 0 Å². The Hall–Kier alpha value is -6.05. The summed E-state index contributed by atoms with van der Waals surface area (Å²) in [6.07, 6.45) is 18.4. The van der Waals surface area contributed by atoms with E-state index in [1.54, 1.807) is 0 Å². The van der Waals surface area contributed by atoms with Crippen LogP contribution in [0, 0.1) is 11.8 Å². The normalized spacial score (nSPS) is 18.5. The van der Waals surface area contributed by atoms with Gasteiger partial charge in [0.15, 0.2) is 0 Å². The fourth-order valence-electron chi connectivity index (χ4n) is 9.21. The lowest BCUT2D eigenvalue weighted by molar-refractivity contribution is 0.688. The summed E-state index contributed by atoms with van der Waals surface area (Å²) in [6, 6.07) is 51.3. The van der Waals surface area contributed by atoms with Crippen LogP contribution in [0.25, 0.3) is 56.8 Å². The number of hydrogen-bond donors (Lipinski definition) is 0. The van der Waals surface area contributed by atoms with Crippen molar-refractivity contribution in [2.45, 2.75) is 25.7 Å². The molecule has 1 nitrogen and oxygen atoms in total. The van der Waals surface area contributed by atoms with E-state index in [0.717, 1.165) is 42.6 Å². The van der Waals surface area contributed by atoms with Crippen molar-refractivity contribution < 1.29 is 0 Å². The minimum absolute atomic E-state index is 0.231. The largest absolute Gasteiger partial charge is 0.248 e. The number of allylic oxidation sites excluding steroid dienone is 4. The molecule has 1 heterocycles. The van der Waals surface area contributed by atoms with Gasteiger partial charge < -0.3 is 0 Å². The van der Waals surface area contributed by atoms with Crippen LogP contribution in [-0.2, 0) is 0 Å². The predicted molar refractivity (Wildman–Crippen MR) is 217 cm³/mol. The number of rotatable bonds is 5. The molecule has 0 spiro atoms. The molecule has 52 heavy (non-hydrogen) atoms. The molecule has 0 bridgehead atoms. The van der Waals surface area contributed by atoms with Crippen LogP contribution in [0.15, 0.2) is 164 Å². The Labute approximate surface area is 304 Å². The van der Waals surface area contributed by atoms with E-state index in [1.165, 1.54) is 70.3 Å². The first-order valence-electron chi connectivity index (χ1n) is 18.8. The third kappa shape index (κ3) is 5.19. The van der Waals surface area contributed by atoms with Gasteiger partial charge in [-0.25, -0.2) is 4.98 Å². The maximum absolute atomic E-state index is 5.31. The molecule has 2 unspecified atom stereocenters. The van der Waals surface area contributed by atoms with Crippen molar-refractivity contribution >= 4 is 34.4 Å². The summed E-state index contributed by atoms with van der Waals surface area (Å²) in [5, 5.41) is 8.08. The summed E-state index contributed by atoms with van der Waals surface area (Å²) >= 11 is 0. The van der Waals surface area contributed by atoms with Gasteiger partial charge in [0.05, 0.1) is 11.4 Å². The maximum atomic E-state index is 5.31. The summed E-state index contributed by atoms with van der Waals surface area (Å²) in [7, 11) is 0. The predicted octanol–water partition coefficient (Wildman–Crippen LogP) is 7.34. The molecule has 4 aliphatic carbocycles. The van der Waals surface area contributed by atoms with Gasteiger partial charge in [0.2, 0.25) is 0 Å². The van der Waals surface area contributed by atoms with Crippen molar-refractivity contribution in [2.75, 3.05) is 0 Å². The van der Waals surface area contributed by atoms with Gasteiger partial charge in [-0.15, -0.1) is 0 Å². The Balaban J connectivity index is 1.17. The number of aromatic nitrogens is 1. The molecule has 1 aromatic heterocycles. The van der Waals surface area contributed by atoms with Gasteiger partial charge in [0.1, 0.15) is 0 Å². The maximum Gasteiger partial charge on any atom is 0.0709 e. The molecule has 0 fully saturated rings. The van der Waals surface area contributed by atoms with Gasteiger partial charge in [0, 0.05) is 17.4 Å². The zero-order chi connectivity index (χ0) is 34.4. The molecule has 0 amide bonds. The van der Waals surface area contributed by atoms with Crippen molar-refractivity contribution in [3.05, 3.63) is 206 Å². The van der Waals surface area contributed by atoms with Crippen molar-refractivity contribution in [3.63, 3.8) is 0 Å². The van der Waals surface area contributed by atoms with E-state index in [0.29, 0.717) is 0 Å². The fraction of sp³-hybridized carbons (Fsp3) is 0.118. The third-order valence-corrected chi connectivity index (χ3v) is 11.5. The zero-order valence-electron chi connectivity index (χ0n) is 29.2. The van der Waals surface area contributed by atoms with Crippen LogP contribution in [0.4, 0.5) is 0 Å². The van der Waals surface area contributed by atoms with E-state index in [-0.39, 0.29) is 11.8 Å². The van der Waals surface area contributed by atoms with E-state index >= 15 is 0 Å². The van der Waals surface area contributed by atoms with Crippen LogP contribution in [0.2, 0.25) is 0 Å².